The molecule has 0 unspecified atom stereocenters. The topological polar surface area (TPSA) is 63.2 Å². The minimum absolute atomic E-state index is 0.0936. The van der Waals surface area contributed by atoms with Crippen LogP contribution in [-0.2, 0) is 16.0 Å². The maximum Gasteiger partial charge on any atom is 0.143 e. The number of hydrogen-bond donors (Lipinski definition) is 2. The van der Waals surface area contributed by atoms with Gasteiger partial charge in [0.25, 0.3) is 0 Å². The number of nitrogens with zero attached hydrogens (tertiary/aromatic N) is 1. The predicted octanol–water partition coefficient (Wildman–Crippen LogP) is 4.30. The van der Waals surface area contributed by atoms with E-state index < -0.39 is 6.67 Å². The molecule has 0 spiro atoms. The molecule has 31 heavy (non-hydrogen) atoms. The summed E-state index contributed by atoms with van der Waals surface area (Å²) in [5.41, 5.74) is 3.58. The summed E-state index contributed by atoms with van der Waals surface area (Å²) in [5.74, 6) is 0.567. The van der Waals surface area contributed by atoms with Crippen molar-refractivity contribution in [3.05, 3.63) is 47.2 Å². The average Bonchev–Trinajstić information content (AvgIpc) is 3.29. The lowest BCUT2D eigenvalue weighted by molar-refractivity contribution is -0.121. The van der Waals surface area contributed by atoms with Crippen LogP contribution >= 0.6 is 11.6 Å². The SMILES string of the molecule is O=C(Cc1cc(-c2cccc(NCC3CCOCC3)c2)c(Cl)cn1)[C@H]1CN[C@@H](CF)C1. The number of hydrogen-bond acceptors (Lipinski definition) is 5. The van der Waals surface area contributed by atoms with Gasteiger partial charge in [0.1, 0.15) is 12.5 Å². The molecule has 4 rings (SSSR count). The number of ether oxygens (including phenoxy) is 1. The second-order valence-electron chi connectivity index (χ2n) is 8.51. The maximum atomic E-state index is 12.8. The third-order valence-electron chi connectivity index (χ3n) is 6.24. The molecule has 0 amide bonds. The lowest BCUT2D eigenvalue weighted by Crippen LogP contribution is -2.23. The van der Waals surface area contributed by atoms with Crippen molar-refractivity contribution in [2.75, 3.05) is 38.3 Å². The van der Waals surface area contributed by atoms with E-state index in [1.807, 2.05) is 18.2 Å². The van der Waals surface area contributed by atoms with Gasteiger partial charge in [0.05, 0.1) is 5.02 Å². The Balaban J connectivity index is 1.43. The molecule has 0 aliphatic carbocycles. The van der Waals surface area contributed by atoms with Gasteiger partial charge in [-0.05, 0) is 48.9 Å². The Morgan fingerprint density at radius 2 is 2.13 bits per heavy atom. The van der Waals surface area contributed by atoms with Gasteiger partial charge in [0, 0.05) is 67.8 Å². The van der Waals surface area contributed by atoms with Crippen LogP contribution in [-0.4, -0.2) is 49.8 Å². The van der Waals surface area contributed by atoms with Gasteiger partial charge in [0.15, 0.2) is 0 Å². The molecule has 2 aliphatic heterocycles. The van der Waals surface area contributed by atoms with Crippen LogP contribution in [0.2, 0.25) is 5.02 Å². The molecule has 1 aromatic carbocycles. The second kappa shape index (κ2) is 10.5. The molecule has 0 radical (unpaired) electrons. The molecule has 5 nitrogen and oxygen atoms in total. The largest absolute Gasteiger partial charge is 0.385 e. The lowest BCUT2D eigenvalue weighted by atomic mass is 9.96. The smallest absolute Gasteiger partial charge is 0.143 e. The molecule has 2 N–H and O–H groups in total. The summed E-state index contributed by atoms with van der Waals surface area (Å²) in [4.78, 5) is 17.0. The molecule has 2 saturated heterocycles. The standard InChI is InChI=1S/C24H29ClFN3O2/c25-23-15-29-20(11-24(30)18-9-21(12-26)28-14-18)10-22(23)17-2-1-3-19(8-17)27-13-16-4-6-31-7-5-16/h1-3,8,10,15-16,18,21,27-28H,4-7,9,11-14H2/t18-,21-/m1/s1. The van der Waals surface area contributed by atoms with Crippen LogP contribution in [0, 0.1) is 11.8 Å². The van der Waals surface area contributed by atoms with Gasteiger partial charge in [-0.2, -0.15) is 0 Å². The number of aromatic nitrogens is 1. The molecule has 3 heterocycles. The van der Waals surface area contributed by atoms with Crippen molar-refractivity contribution in [2.45, 2.75) is 31.7 Å². The van der Waals surface area contributed by atoms with Crippen molar-refractivity contribution in [2.24, 2.45) is 11.8 Å². The number of carbonyl (C=O) groups is 1. The number of pyridine rings is 1. The van der Waals surface area contributed by atoms with Gasteiger partial charge < -0.3 is 15.4 Å². The predicted molar refractivity (Wildman–Crippen MR) is 121 cm³/mol. The van der Waals surface area contributed by atoms with Gasteiger partial charge in [0.2, 0.25) is 0 Å². The second-order valence-corrected chi connectivity index (χ2v) is 8.92. The molecular weight excluding hydrogens is 417 g/mol. The molecule has 2 aromatic rings. The highest BCUT2D eigenvalue weighted by Gasteiger charge is 2.29. The van der Waals surface area contributed by atoms with Crippen LogP contribution in [0.4, 0.5) is 10.1 Å². The molecule has 2 atom stereocenters. The van der Waals surface area contributed by atoms with Crippen LogP contribution in [0.15, 0.2) is 36.5 Å². The number of benzene rings is 1. The fraction of sp³-hybridized carbons (Fsp3) is 0.500. The van der Waals surface area contributed by atoms with Crippen molar-refractivity contribution in [1.82, 2.24) is 10.3 Å². The molecule has 1 aromatic heterocycles. The first kappa shape index (κ1) is 22.2. The van der Waals surface area contributed by atoms with Crippen molar-refractivity contribution in [3.8, 4) is 11.1 Å². The molecule has 2 fully saturated rings. The number of halogens is 2. The van der Waals surface area contributed by atoms with E-state index in [0.717, 1.165) is 49.4 Å². The Morgan fingerprint density at radius 3 is 2.90 bits per heavy atom. The number of carbonyl (C=O) groups excluding carboxylic acids is 1. The third-order valence-corrected chi connectivity index (χ3v) is 6.54. The lowest BCUT2D eigenvalue weighted by Gasteiger charge is -2.22. The summed E-state index contributed by atoms with van der Waals surface area (Å²) in [5, 5.41) is 7.15. The van der Waals surface area contributed by atoms with E-state index in [1.54, 1.807) is 6.20 Å². The minimum Gasteiger partial charge on any atom is -0.385 e. The first-order valence-corrected chi connectivity index (χ1v) is 11.4. The monoisotopic (exact) mass is 445 g/mol. The Morgan fingerprint density at radius 1 is 1.29 bits per heavy atom. The Hall–Kier alpha value is -2.02. The first-order valence-electron chi connectivity index (χ1n) is 11.0. The maximum absolute atomic E-state index is 12.8. The van der Waals surface area contributed by atoms with Gasteiger partial charge in [-0.25, -0.2) is 4.39 Å². The van der Waals surface area contributed by atoms with Crippen LogP contribution in [0.3, 0.4) is 0 Å². The van der Waals surface area contributed by atoms with E-state index >= 15 is 0 Å². The summed E-state index contributed by atoms with van der Waals surface area (Å²) >= 11 is 6.45. The molecule has 7 heteroatoms. The fourth-order valence-electron chi connectivity index (χ4n) is 4.31. The number of ketones is 1. The van der Waals surface area contributed by atoms with Crippen LogP contribution in [0.5, 0.6) is 0 Å². The quantitative estimate of drug-likeness (QED) is 0.634. The summed E-state index contributed by atoms with van der Waals surface area (Å²) in [7, 11) is 0. The first-order chi connectivity index (χ1) is 15.1. The van der Waals surface area contributed by atoms with E-state index in [-0.39, 0.29) is 24.2 Å². The van der Waals surface area contributed by atoms with Gasteiger partial charge in [-0.3, -0.25) is 9.78 Å². The van der Waals surface area contributed by atoms with Gasteiger partial charge in [-0.15, -0.1) is 0 Å². The molecule has 166 valence electrons. The highest BCUT2D eigenvalue weighted by molar-refractivity contribution is 6.33. The van der Waals surface area contributed by atoms with E-state index in [9.17, 15) is 9.18 Å². The van der Waals surface area contributed by atoms with Crippen molar-refractivity contribution in [1.29, 1.82) is 0 Å². The van der Waals surface area contributed by atoms with E-state index in [4.69, 9.17) is 16.3 Å². The van der Waals surface area contributed by atoms with E-state index in [1.165, 1.54) is 0 Å². The molecule has 2 aliphatic rings. The number of alkyl halides is 1. The van der Waals surface area contributed by atoms with Crippen LogP contribution in [0.25, 0.3) is 11.1 Å². The van der Waals surface area contributed by atoms with Crippen LogP contribution < -0.4 is 10.6 Å². The normalized spacial score (nSPS) is 21.9. The Bertz CT molecular complexity index is 904. The number of nitrogens with one attached hydrogen (secondary N) is 2. The summed E-state index contributed by atoms with van der Waals surface area (Å²) in [6.07, 6.45) is 4.57. The third kappa shape index (κ3) is 5.82. The zero-order valence-electron chi connectivity index (χ0n) is 17.6. The van der Waals surface area contributed by atoms with Crippen molar-refractivity contribution >= 4 is 23.1 Å². The van der Waals surface area contributed by atoms with E-state index in [0.29, 0.717) is 29.6 Å². The van der Waals surface area contributed by atoms with Crippen molar-refractivity contribution < 1.29 is 13.9 Å². The molecule has 0 saturated carbocycles. The van der Waals surface area contributed by atoms with Crippen molar-refractivity contribution in [3.63, 3.8) is 0 Å². The summed E-state index contributed by atoms with van der Waals surface area (Å²) in [6.45, 7) is 2.70. The number of anilines is 1. The number of Topliss-reactive ketones (excluding diaryl/α,β-unsaturated/α-hetero) is 1. The van der Waals surface area contributed by atoms with E-state index in [2.05, 4.69) is 27.8 Å². The van der Waals surface area contributed by atoms with Gasteiger partial charge >= 0.3 is 0 Å². The zero-order chi connectivity index (χ0) is 21.6. The summed E-state index contributed by atoms with van der Waals surface area (Å²) in [6, 6.07) is 9.84. The fourth-order valence-corrected chi connectivity index (χ4v) is 4.53. The zero-order valence-corrected chi connectivity index (χ0v) is 18.3. The molecular formula is C24H29ClFN3O2. The Kier molecular flexibility index (Phi) is 7.54. The Labute approximate surface area is 187 Å². The molecule has 0 bridgehead atoms. The van der Waals surface area contributed by atoms with Crippen LogP contribution in [0.1, 0.15) is 25.0 Å². The highest BCUT2D eigenvalue weighted by atomic mass is 35.5. The highest BCUT2D eigenvalue weighted by Crippen LogP contribution is 2.30. The number of rotatable bonds is 8. The van der Waals surface area contributed by atoms with Gasteiger partial charge in [-0.1, -0.05) is 23.7 Å². The average molecular weight is 446 g/mol. The minimum atomic E-state index is -0.438. The summed E-state index contributed by atoms with van der Waals surface area (Å²) < 4.78 is 18.3.